The molecule has 0 aliphatic carbocycles. The summed E-state index contributed by atoms with van der Waals surface area (Å²) in [5.41, 5.74) is 6.78. The van der Waals surface area contributed by atoms with E-state index in [2.05, 4.69) is 5.32 Å². The number of nitrogens with two attached hydrogens (primary N) is 1. The van der Waals surface area contributed by atoms with Crippen LogP contribution in [-0.4, -0.2) is 30.3 Å². The molecule has 1 atom stereocenters. The predicted molar refractivity (Wildman–Crippen MR) is 81.7 cm³/mol. The summed E-state index contributed by atoms with van der Waals surface area (Å²) < 4.78 is 10.6. The van der Waals surface area contributed by atoms with Gasteiger partial charge in [0, 0.05) is 12.8 Å². The molecule has 0 spiro atoms. The third kappa shape index (κ3) is 4.38. The Morgan fingerprint density at radius 1 is 1.41 bits per heavy atom. The van der Waals surface area contributed by atoms with Gasteiger partial charge in [-0.3, -0.25) is 4.79 Å². The monoisotopic (exact) mass is 306 g/mol. The fraction of sp³-hybridized carbons (Fsp3) is 0.500. The zero-order valence-corrected chi connectivity index (χ0v) is 13.1. The molecule has 2 amide bonds. The third-order valence-corrected chi connectivity index (χ3v) is 3.23. The van der Waals surface area contributed by atoms with Crippen LogP contribution >= 0.6 is 0 Å². The molecule has 0 radical (unpaired) electrons. The van der Waals surface area contributed by atoms with Crippen molar-refractivity contribution in [2.75, 3.05) is 6.61 Å². The van der Waals surface area contributed by atoms with Gasteiger partial charge in [0.25, 0.3) is 0 Å². The SMILES string of the molecule is CC(C)(C)OC(=O)N[C@@H](Cc1ccc2c(c1)CCO2)C(N)=O. The van der Waals surface area contributed by atoms with Crippen LogP contribution in [0.25, 0.3) is 0 Å². The smallest absolute Gasteiger partial charge is 0.408 e. The minimum Gasteiger partial charge on any atom is -0.493 e. The Morgan fingerprint density at radius 3 is 2.77 bits per heavy atom. The van der Waals surface area contributed by atoms with Crippen molar-refractivity contribution in [1.29, 1.82) is 0 Å². The van der Waals surface area contributed by atoms with Crippen molar-refractivity contribution >= 4 is 12.0 Å². The molecule has 0 aromatic heterocycles. The number of hydrogen-bond donors (Lipinski definition) is 2. The molecule has 0 bridgehead atoms. The van der Waals surface area contributed by atoms with Gasteiger partial charge in [-0.05, 0) is 38.0 Å². The number of rotatable bonds is 4. The number of nitrogens with one attached hydrogen (secondary N) is 1. The lowest BCUT2D eigenvalue weighted by Gasteiger charge is -2.22. The van der Waals surface area contributed by atoms with Gasteiger partial charge < -0.3 is 20.5 Å². The first kappa shape index (κ1) is 16.1. The second-order valence-electron chi connectivity index (χ2n) is 6.35. The quantitative estimate of drug-likeness (QED) is 0.883. The minimum atomic E-state index is -0.810. The van der Waals surface area contributed by atoms with Crippen molar-refractivity contribution < 1.29 is 19.1 Å². The van der Waals surface area contributed by atoms with Gasteiger partial charge in [0.1, 0.15) is 17.4 Å². The van der Waals surface area contributed by atoms with E-state index in [0.717, 1.165) is 23.3 Å². The van der Waals surface area contributed by atoms with E-state index in [-0.39, 0.29) is 0 Å². The number of amides is 2. The summed E-state index contributed by atoms with van der Waals surface area (Å²) in [6, 6.07) is 4.92. The highest BCUT2D eigenvalue weighted by Gasteiger charge is 2.23. The van der Waals surface area contributed by atoms with Crippen LogP contribution in [0.4, 0.5) is 4.79 Å². The van der Waals surface area contributed by atoms with Gasteiger partial charge in [-0.15, -0.1) is 0 Å². The maximum atomic E-state index is 11.8. The molecule has 3 N–H and O–H groups in total. The van der Waals surface area contributed by atoms with Crippen LogP contribution in [0.5, 0.6) is 5.75 Å². The van der Waals surface area contributed by atoms with E-state index < -0.39 is 23.6 Å². The van der Waals surface area contributed by atoms with E-state index >= 15 is 0 Å². The van der Waals surface area contributed by atoms with Crippen LogP contribution in [0, 0.1) is 0 Å². The largest absolute Gasteiger partial charge is 0.493 e. The Morgan fingerprint density at radius 2 is 2.14 bits per heavy atom. The average Bonchev–Trinajstić information content (AvgIpc) is 2.82. The molecular weight excluding hydrogens is 284 g/mol. The van der Waals surface area contributed by atoms with E-state index in [1.54, 1.807) is 20.8 Å². The van der Waals surface area contributed by atoms with Gasteiger partial charge in [0.15, 0.2) is 0 Å². The highest BCUT2D eigenvalue weighted by molar-refractivity contribution is 5.84. The van der Waals surface area contributed by atoms with Crippen LogP contribution in [-0.2, 0) is 22.4 Å². The summed E-state index contributed by atoms with van der Waals surface area (Å²) in [4.78, 5) is 23.4. The van der Waals surface area contributed by atoms with Crippen molar-refractivity contribution in [2.24, 2.45) is 5.73 Å². The van der Waals surface area contributed by atoms with Gasteiger partial charge in [0.2, 0.25) is 5.91 Å². The Kier molecular flexibility index (Phi) is 4.59. The molecule has 1 heterocycles. The lowest BCUT2D eigenvalue weighted by atomic mass is 10.0. The number of hydrogen-bond acceptors (Lipinski definition) is 4. The van der Waals surface area contributed by atoms with Crippen LogP contribution in [0.2, 0.25) is 0 Å². The summed E-state index contributed by atoms with van der Waals surface area (Å²) >= 11 is 0. The predicted octanol–water partition coefficient (Wildman–Crippen LogP) is 1.54. The number of alkyl carbamates (subject to hydrolysis) is 1. The molecule has 6 heteroatoms. The van der Waals surface area contributed by atoms with Crippen molar-refractivity contribution in [1.82, 2.24) is 5.32 Å². The zero-order valence-electron chi connectivity index (χ0n) is 13.1. The topological polar surface area (TPSA) is 90.7 Å². The van der Waals surface area contributed by atoms with E-state index in [0.29, 0.717) is 13.0 Å². The molecule has 120 valence electrons. The van der Waals surface area contributed by atoms with Crippen LogP contribution < -0.4 is 15.8 Å². The van der Waals surface area contributed by atoms with Crippen molar-refractivity contribution in [2.45, 2.75) is 45.3 Å². The molecule has 1 aliphatic heterocycles. The number of fused-ring (bicyclic) bond motifs is 1. The maximum Gasteiger partial charge on any atom is 0.408 e. The van der Waals surface area contributed by atoms with Crippen LogP contribution in [0.1, 0.15) is 31.9 Å². The summed E-state index contributed by atoms with van der Waals surface area (Å²) in [5, 5.41) is 2.52. The molecule has 0 unspecified atom stereocenters. The molecule has 1 aromatic carbocycles. The number of carbonyl (C=O) groups excluding carboxylic acids is 2. The number of carbonyl (C=O) groups is 2. The van der Waals surface area contributed by atoms with Gasteiger partial charge in [-0.1, -0.05) is 12.1 Å². The van der Waals surface area contributed by atoms with E-state index in [9.17, 15) is 9.59 Å². The Bertz CT molecular complexity index is 578. The summed E-state index contributed by atoms with van der Waals surface area (Å²) in [5.74, 6) is 0.280. The molecule has 0 saturated heterocycles. The molecule has 6 nitrogen and oxygen atoms in total. The third-order valence-electron chi connectivity index (χ3n) is 3.23. The number of ether oxygens (including phenoxy) is 2. The minimum absolute atomic E-state index is 0.321. The van der Waals surface area contributed by atoms with Crippen molar-refractivity contribution in [3.63, 3.8) is 0 Å². The van der Waals surface area contributed by atoms with Crippen molar-refractivity contribution in [3.8, 4) is 5.75 Å². The zero-order chi connectivity index (χ0) is 16.3. The maximum absolute atomic E-state index is 11.8. The van der Waals surface area contributed by atoms with Crippen LogP contribution in [0.15, 0.2) is 18.2 Å². The van der Waals surface area contributed by atoms with Crippen molar-refractivity contribution in [3.05, 3.63) is 29.3 Å². The Balaban J connectivity index is 2.03. The van der Waals surface area contributed by atoms with E-state index in [1.807, 2.05) is 18.2 Å². The van der Waals surface area contributed by atoms with Gasteiger partial charge in [0.05, 0.1) is 6.61 Å². The Hall–Kier alpha value is -2.24. The highest BCUT2D eigenvalue weighted by atomic mass is 16.6. The molecular formula is C16H22N2O4. The second-order valence-corrected chi connectivity index (χ2v) is 6.35. The molecule has 1 aliphatic rings. The van der Waals surface area contributed by atoms with E-state index in [1.165, 1.54) is 0 Å². The molecule has 0 saturated carbocycles. The molecule has 1 aromatic rings. The molecule has 0 fully saturated rings. The van der Waals surface area contributed by atoms with Gasteiger partial charge in [-0.2, -0.15) is 0 Å². The first-order valence-corrected chi connectivity index (χ1v) is 7.28. The lowest BCUT2D eigenvalue weighted by molar-refractivity contribution is -0.120. The summed E-state index contributed by atoms with van der Waals surface area (Å²) in [6.07, 6.45) is 0.520. The first-order chi connectivity index (χ1) is 10.2. The van der Waals surface area contributed by atoms with Crippen LogP contribution in [0.3, 0.4) is 0 Å². The summed E-state index contributed by atoms with van der Waals surface area (Å²) in [6.45, 7) is 5.94. The summed E-state index contributed by atoms with van der Waals surface area (Å²) in [7, 11) is 0. The van der Waals surface area contributed by atoms with E-state index in [4.69, 9.17) is 15.2 Å². The fourth-order valence-electron chi connectivity index (χ4n) is 2.28. The highest BCUT2D eigenvalue weighted by Crippen LogP contribution is 2.26. The van der Waals surface area contributed by atoms with Gasteiger partial charge in [-0.25, -0.2) is 4.79 Å². The molecule has 2 rings (SSSR count). The standard InChI is InChI=1S/C16H22N2O4/c1-16(2,3)22-15(20)18-12(14(17)19)9-10-4-5-13-11(8-10)6-7-21-13/h4-5,8,12H,6-7,9H2,1-3H3,(H2,17,19)(H,18,20)/t12-/m0/s1. The Labute approximate surface area is 130 Å². The average molecular weight is 306 g/mol. The lowest BCUT2D eigenvalue weighted by Crippen LogP contribution is -2.47. The number of benzene rings is 1. The second kappa shape index (κ2) is 6.25. The molecule has 22 heavy (non-hydrogen) atoms. The van der Waals surface area contributed by atoms with Gasteiger partial charge >= 0.3 is 6.09 Å². The fourth-order valence-corrected chi connectivity index (χ4v) is 2.28. The normalized spacial score (nSPS) is 14.7. The number of primary amides is 1. The first-order valence-electron chi connectivity index (χ1n) is 7.28.